The Morgan fingerprint density at radius 1 is 1.38 bits per heavy atom. The van der Waals surface area contributed by atoms with Crippen molar-refractivity contribution in [2.45, 2.75) is 26.4 Å². The lowest BCUT2D eigenvalue weighted by molar-refractivity contribution is 0.412. The van der Waals surface area contributed by atoms with Gasteiger partial charge in [0.05, 0.1) is 7.11 Å². The molecule has 0 heterocycles. The number of nitrogens with one attached hydrogen (secondary N) is 1. The van der Waals surface area contributed by atoms with Crippen molar-refractivity contribution in [2.24, 2.45) is 5.92 Å². The molecule has 3 heteroatoms. The van der Waals surface area contributed by atoms with Crippen LogP contribution >= 0.6 is 15.9 Å². The topological polar surface area (TPSA) is 21.3 Å². The lowest BCUT2D eigenvalue weighted by Gasteiger charge is -2.20. The highest BCUT2D eigenvalue weighted by Gasteiger charge is 2.10. The highest BCUT2D eigenvalue weighted by molar-refractivity contribution is 9.09. The highest BCUT2D eigenvalue weighted by atomic mass is 79.9. The first-order valence-electron chi connectivity index (χ1n) is 5.59. The molecule has 0 spiro atoms. The molecule has 0 saturated heterocycles. The number of halogens is 1. The molecule has 90 valence electrons. The fourth-order valence-electron chi connectivity index (χ4n) is 1.50. The van der Waals surface area contributed by atoms with Crippen molar-refractivity contribution in [3.63, 3.8) is 0 Å². The van der Waals surface area contributed by atoms with Gasteiger partial charge in [0.25, 0.3) is 0 Å². The molecule has 1 N–H and O–H groups in total. The first-order valence-corrected chi connectivity index (χ1v) is 6.71. The van der Waals surface area contributed by atoms with Crippen LogP contribution < -0.4 is 10.1 Å². The Morgan fingerprint density at radius 3 is 2.69 bits per heavy atom. The van der Waals surface area contributed by atoms with Gasteiger partial charge in [-0.25, -0.2) is 0 Å². The third-order valence-corrected chi connectivity index (χ3v) is 3.37. The highest BCUT2D eigenvalue weighted by Crippen LogP contribution is 2.13. The molecule has 1 unspecified atom stereocenters. The Morgan fingerprint density at radius 2 is 2.12 bits per heavy atom. The summed E-state index contributed by atoms with van der Waals surface area (Å²) < 4.78 is 5.20. The quantitative estimate of drug-likeness (QED) is 0.811. The van der Waals surface area contributed by atoms with Crippen LogP contribution in [-0.2, 0) is 6.54 Å². The van der Waals surface area contributed by atoms with Crippen molar-refractivity contribution in [1.29, 1.82) is 0 Å². The van der Waals surface area contributed by atoms with Gasteiger partial charge in [0, 0.05) is 17.9 Å². The van der Waals surface area contributed by atoms with Gasteiger partial charge in [-0.2, -0.15) is 0 Å². The van der Waals surface area contributed by atoms with Gasteiger partial charge in [0.1, 0.15) is 5.75 Å². The minimum atomic E-state index is 0.506. The van der Waals surface area contributed by atoms with Gasteiger partial charge >= 0.3 is 0 Å². The summed E-state index contributed by atoms with van der Waals surface area (Å²) in [5.74, 6) is 1.55. The largest absolute Gasteiger partial charge is 0.497 e. The minimum absolute atomic E-state index is 0.506. The lowest BCUT2D eigenvalue weighted by Crippen LogP contribution is -2.34. The van der Waals surface area contributed by atoms with Crippen LogP contribution in [0, 0.1) is 5.92 Å². The van der Waals surface area contributed by atoms with E-state index in [2.05, 4.69) is 47.2 Å². The summed E-state index contributed by atoms with van der Waals surface area (Å²) in [6.45, 7) is 5.33. The van der Waals surface area contributed by atoms with E-state index in [-0.39, 0.29) is 0 Å². The van der Waals surface area contributed by atoms with Crippen LogP contribution in [-0.4, -0.2) is 18.5 Å². The fraction of sp³-hybridized carbons (Fsp3) is 0.538. The van der Waals surface area contributed by atoms with E-state index in [0.717, 1.165) is 17.6 Å². The molecule has 1 atom stereocenters. The van der Waals surface area contributed by atoms with Crippen molar-refractivity contribution >= 4 is 15.9 Å². The van der Waals surface area contributed by atoms with E-state index in [1.54, 1.807) is 7.11 Å². The molecular formula is C13H20BrNO. The molecule has 0 aromatic heterocycles. The molecule has 0 saturated carbocycles. The van der Waals surface area contributed by atoms with E-state index >= 15 is 0 Å². The first-order chi connectivity index (χ1) is 7.67. The molecule has 0 aliphatic heterocycles. The fourth-order valence-corrected chi connectivity index (χ4v) is 2.48. The molecule has 2 nitrogen and oxygen atoms in total. The first kappa shape index (κ1) is 13.5. The SMILES string of the molecule is COc1cccc(CNC(CBr)C(C)C)c1. The van der Waals surface area contributed by atoms with Crippen LogP contribution in [0.5, 0.6) is 5.75 Å². The third-order valence-electron chi connectivity index (χ3n) is 2.67. The number of rotatable bonds is 6. The van der Waals surface area contributed by atoms with Crippen LogP contribution in [0.2, 0.25) is 0 Å². The molecule has 16 heavy (non-hydrogen) atoms. The third kappa shape index (κ3) is 4.14. The van der Waals surface area contributed by atoms with Crippen LogP contribution in [0.15, 0.2) is 24.3 Å². The maximum Gasteiger partial charge on any atom is 0.119 e. The van der Waals surface area contributed by atoms with Crippen LogP contribution in [0.1, 0.15) is 19.4 Å². The van der Waals surface area contributed by atoms with E-state index in [0.29, 0.717) is 12.0 Å². The van der Waals surface area contributed by atoms with Gasteiger partial charge in [0.15, 0.2) is 0 Å². The zero-order valence-electron chi connectivity index (χ0n) is 10.2. The molecule has 0 radical (unpaired) electrons. The molecule has 0 aliphatic carbocycles. The Hall–Kier alpha value is -0.540. The maximum absolute atomic E-state index is 5.20. The second-order valence-corrected chi connectivity index (χ2v) is 4.88. The summed E-state index contributed by atoms with van der Waals surface area (Å²) in [6, 6.07) is 8.67. The second-order valence-electron chi connectivity index (χ2n) is 4.24. The Labute approximate surface area is 107 Å². The zero-order chi connectivity index (χ0) is 12.0. The number of hydrogen-bond donors (Lipinski definition) is 1. The number of ether oxygens (including phenoxy) is 1. The summed E-state index contributed by atoms with van der Waals surface area (Å²) in [7, 11) is 1.70. The molecule has 0 aliphatic rings. The summed E-state index contributed by atoms with van der Waals surface area (Å²) in [4.78, 5) is 0. The van der Waals surface area contributed by atoms with E-state index in [1.165, 1.54) is 5.56 Å². The van der Waals surface area contributed by atoms with Gasteiger partial charge in [-0.05, 0) is 23.6 Å². The van der Waals surface area contributed by atoms with Gasteiger partial charge in [0.2, 0.25) is 0 Å². The molecule has 0 fully saturated rings. The molecule has 0 amide bonds. The molecule has 1 aromatic rings. The van der Waals surface area contributed by atoms with Crippen LogP contribution in [0.3, 0.4) is 0 Å². The second kappa shape index (κ2) is 6.92. The summed E-state index contributed by atoms with van der Waals surface area (Å²) >= 11 is 3.53. The number of benzene rings is 1. The Kier molecular flexibility index (Phi) is 5.85. The zero-order valence-corrected chi connectivity index (χ0v) is 11.8. The van der Waals surface area contributed by atoms with Crippen molar-refractivity contribution in [3.05, 3.63) is 29.8 Å². The minimum Gasteiger partial charge on any atom is -0.497 e. The average Bonchev–Trinajstić information content (AvgIpc) is 2.29. The average molecular weight is 286 g/mol. The maximum atomic E-state index is 5.20. The lowest BCUT2D eigenvalue weighted by atomic mass is 10.1. The van der Waals surface area contributed by atoms with E-state index in [4.69, 9.17) is 4.74 Å². The molecule has 0 bridgehead atoms. The summed E-state index contributed by atoms with van der Waals surface area (Å²) in [6.07, 6.45) is 0. The standard InChI is InChI=1S/C13H20BrNO/c1-10(2)13(8-14)15-9-11-5-4-6-12(7-11)16-3/h4-7,10,13,15H,8-9H2,1-3H3. The summed E-state index contributed by atoms with van der Waals surface area (Å²) in [5, 5.41) is 4.51. The predicted octanol–water partition coefficient (Wildman–Crippen LogP) is 3.20. The van der Waals surface area contributed by atoms with Gasteiger partial charge in [-0.15, -0.1) is 0 Å². The van der Waals surface area contributed by atoms with Gasteiger partial charge in [-0.3, -0.25) is 0 Å². The van der Waals surface area contributed by atoms with Crippen molar-refractivity contribution in [3.8, 4) is 5.75 Å². The predicted molar refractivity (Wildman–Crippen MR) is 72.3 cm³/mol. The molecule has 1 aromatic carbocycles. The summed E-state index contributed by atoms with van der Waals surface area (Å²) in [5.41, 5.74) is 1.26. The van der Waals surface area contributed by atoms with Crippen molar-refractivity contribution in [1.82, 2.24) is 5.32 Å². The van der Waals surface area contributed by atoms with Crippen molar-refractivity contribution < 1.29 is 4.74 Å². The number of hydrogen-bond acceptors (Lipinski definition) is 2. The number of methoxy groups -OCH3 is 1. The molecular weight excluding hydrogens is 266 g/mol. The van der Waals surface area contributed by atoms with Crippen molar-refractivity contribution in [2.75, 3.05) is 12.4 Å². The van der Waals surface area contributed by atoms with E-state index < -0.39 is 0 Å². The van der Waals surface area contributed by atoms with Crippen LogP contribution in [0.25, 0.3) is 0 Å². The Bertz CT molecular complexity index is 315. The molecule has 1 rings (SSSR count). The Balaban J connectivity index is 2.53. The number of alkyl halides is 1. The van der Waals surface area contributed by atoms with Gasteiger partial charge < -0.3 is 10.1 Å². The van der Waals surface area contributed by atoms with E-state index in [1.807, 2.05) is 12.1 Å². The van der Waals surface area contributed by atoms with E-state index in [9.17, 15) is 0 Å². The monoisotopic (exact) mass is 285 g/mol. The normalized spacial score (nSPS) is 12.8. The van der Waals surface area contributed by atoms with Gasteiger partial charge in [-0.1, -0.05) is 41.9 Å². The van der Waals surface area contributed by atoms with Crippen LogP contribution in [0.4, 0.5) is 0 Å². The smallest absolute Gasteiger partial charge is 0.119 e.